The Hall–Kier alpha value is -1.43. The van der Waals surface area contributed by atoms with E-state index in [1.165, 1.54) is 0 Å². The Kier molecular flexibility index (Phi) is 5.56. The summed E-state index contributed by atoms with van der Waals surface area (Å²) in [5, 5.41) is 1.67. The van der Waals surface area contributed by atoms with Gasteiger partial charge < -0.3 is 9.47 Å². The summed E-state index contributed by atoms with van der Waals surface area (Å²) in [6.07, 6.45) is 0.0428. The summed E-state index contributed by atoms with van der Waals surface area (Å²) < 4.78 is 11.0. The Morgan fingerprint density at radius 3 is 2.59 bits per heavy atom. The minimum Gasteiger partial charge on any atom is -0.465 e. The van der Waals surface area contributed by atoms with Gasteiger partial charge >= 0.3 is 5.97 Å². The number of carbonyl (C=O) groups excluding carboxylic acids is 1. The van der Waals surface area contributed by atoms with Gasteiger partial charge in [0.25, 0.3) is 0 Å². The second-order valence-corrected chi connectivity index (χ2v) is 6.33. The molecule has 1 aromatic carbocycles. The van der Waals surface area contributed by atoms with Crippen molar-refractivity contribution in [1.29, 1.82) is 0 Å². The van der Waals surface area contributed by atoms with Crippen molar-refractivity contribution in [2.24, 2.45) is 0 Å². The summed E-state index contributed by atoms with van der Waals surface area (Å²) in [4.78, 5) is 18.0. The van der Waals surface area contributed by atoms with Gasteiger partial charge in [-0.1, -0.05) is 30.3 Å². The summed E-state index contributed by atoms with van der Waals surface area (Å²) in [6.45, 7) is 8.59. The third-order valence-corrected chi connectivity index (χ3v) is 3.24. The van der Waals surface area contributed by atoms with Gasteiger partial charge in [-0.3, -0.25) is 9.63 Å². The van der Waals surface area contributed by atoms with Gasteiger partial charge in [-0.2, -0.15) is 5.06 Å². The van der Waals surface area contributed by atoms with Crippen LogP contribution in [0.1, 0.15) is 39.7 Å². The molecule has 0 aromatic heterocycles. The molecule has 22 heavy (non-hydrogen) atoms. The van der Waals surface area contributed by atoms with Crippen LogP contribution in [0.2, 0.25) is 0 Å². The van der Waals surface area contributed by atoms with E-state index in [1.807, 2.05) is 51.1 Å². The first-order valence-electron chi connectivity index (χ1n) is 7.71. The van der Waals surface area contributed by atoms with Gasteiger partial charge in [-0.05, 0) is 33.3 Å². The van der Waals surface area contributed by atoms with E-state index in [2.05, 4.69) is 0 Å². The number of ether oxygens (including phenoxy) is 2. The highest BCUT2D eigenvalue weighted by atomic mass is 16.8. The molecule has 1 fully saturated rings. The lowest BCUT2D eigenvalue weighted by molar-refractivity contribution is -0.268. The molecule has 0 bridgehead atoms. The van der Waals surface area contributed by atoms with Crippen molar-refractivity contribution >= 4 is 5.97 Å². The number of esters is 1. The van der Waals surface area contributed by atoms with E-state index in [9.17, 15) is 4.79 Å². The molecule has 2 atom stereocenters. The molecule has 0 aliphatic carbocycles. The van der Waals surface area contributed by atoms with Gasteiger partial charge in [0.05, 0.1) is 18.8 Å². The first kappa shape index (κ1) is 16.9. The number of nitrogens with zero attached hydrogens (tertiary/aromatic N) is 1. The molecule has 5 nitrogen and oxygen atoms in total. The number of hydroxylamine groups is 2. The molecule has 0 unspecified atom stereocenters. The van der Waals surface area contributed by atoms with Crippen molar-refractivity contribution < 1.29 is 19.1 Å². The fourth-order valence-electron chi connectivity index (χ4n) is 2.39. The van der Waals surface area contributed by atoms with E-state index >= 15 is 0 Å². The molecular weight excluding hydrogens is 282 g/mol. The third kappa shape index (κ3) is 4.80. The van der Waals surface area contributed by atoms with Crippen molar-refractivity contribution in [3.05, 3.63) is 35.9 Å². The number of hydrogen-bond acceptors (Lipinski definition) is 5. The maximum atomic E-state index is 12.2. The standard InChI is InChI=1S/C17H25NO4/c1-5-20-16(19)14-11-15(21-17(2,3)4)22-18(14)12-13-9-7-6-8-10-13/h6-10,14-15H,5,11-12H2,1-4H3/t14-,15+/m1/s1. The van der Waals surface area contributed by atoms with Gasteiger partial charge in [-0.25, -0.2) is 0 Å². The zero-order chi connectivity index (χ0) is 16.2. The molecule has 1 saturated heterocycles. The SMILES string of the molecule is CCOC(=O)[C@H]1C[C@@H](OC(C)(C)C)ON1Cc1ccccc1. The van der Waals surface area contributed by atoms with Crippen molar-refractivity contribution in [3.8, 4) is 0 Å². The Morgan fingerprint density at radius 1 is 1.32 bits per heavy atom. The molecule has 1 heterocycles. The van der Waals surface area contributed by atoms with E-state index in [-0.39, 0.29) is 11.6 Å². The maximum absolute atomic E-state index is 12.2. The zero-order valence-corrected chi connectivity index (χ0v) is 13.7. The summed E-state index contributed by atoms with van der Waals surface area (Å²) in [5.74, 6) is -0.265. The molecule has 0 amide bonds. The molecule has 0 spiro atoms. The largest absolute Gasteiger partial charge is 0.465 e. The number of hydrogen-bond donors (Lipinski definition) is 0. The highest BCUT2D eigenvalue weighted by molar-refractivity contribution is 5.75. The van der Waals surface area contributed by atoms with Crippen LogP contribution in [0.15, 0.2) is 30.3 Å². The van der Waals surface area contributed by atoms with E-state index in [4.69, 9.17) is 14.3 Å². The molecule has 1 aliphatic heterocycles. The summed E-state index contributed by atoms with van der Waals surface area (Å²) in [6, 6.07) is 9.46. The average Bonchev–Trinajstić information content (AvgIpc) is 2.80. The van der Waals surface area contributed by atoms with Crippen molar-refractivity contribution in [1.82, 2.24) is 5.06 Å². The van der Waals surface area contributed by atoms with Crippen molar-refractivity contribution in [2.45, 2.75) is 58.6 Å². The summed E-state index contributed by atoms with van der Waals surface area (Å²) >= 11 is 0. The zero-order valence-electron chi connectivity index (χ0n) is 13.7. The number of carbonyl (C=O) groups is 1. The monoisotopic (exact) mass is 307 g/mol. The van der Waals surface area contributed by atoms with Crippen LogP contribution in [-0.2, 0) is 25.7 Å². The van der Waals surface area contributed by atoms with Crippen LogP contribution in [0, 0.1) is 0 Å². The fraction of sp³-hybridized carbons (Fsp3) is 0.588. The second kappa shape index (κ2) is 7.22. The number of benzene rings is 1. The predicted octanol–water partition coefficient (Wildman–Crippen LogP) is 2.90. The van der Waals surface area contributed by atoms with E-state index in [1.54, 1.807) is 12.0 Å². The molecule has 2 rings (SSSR count). The summed E-state index contributed by atoms with van der Waals surface area (Å²) in [5.41, 5.74) is 0.750. The Morgan fingerprint density at radius 2 is 2.00 bits per heavy atom. The molecular formula is C17H25NO4. The first-order chi connectivity index (χ1) is 10.4. The lowest BCUT2D eigenvalue weighted by Crippen LogP contribution is -2.36. The Labute approximate surface area is 132 Å². The van der Waals surface area contributed by atoms with Crippen LogP contribution in [0.5, 0.6) is 0 Å². The molecule has 122 valence electrons. The molecule has 0 N–H and O–H groups in total. The van der Waals surface area contributed by atoms with Crippen molar-refractivity contribution in [2.75, 3.05) is 6.61 Å². The van der Waals surface area contributed by atoms with Crippen LogP contribution in [0.3, 0.4) is 0 Å². The van der Waals surface area contributed by atoms with Gasteiger partial charge in [0, 0.05) is 6.42 Å². The van der Waals surface area contributed by atoms with E-state index < -0.39 is 12.3 Å². The normalized spacial score (nSPS) is 22.7. The second-order valence-electron chi connectivity index (χ2n) is 6.33. The Bertz CT molecular complexity index is 483. The van der Waals surface area contributed by atoms with Crippen LogP contribution in [0.25, 0.3) is 0 Å². The molecule has 0 radical (unpaired) electrons. The highest BCUT2D eigenvalue weighted by Crippen LogP contribution is 2.28. The van der Waals surface area contributed by atoms with Gasteiger partial charge in [0.2, 0.25) is 0 Å². The topological polar surface area (TPSA) is 48.0 Å². The lowest BCUT2D eigenvalue weighted by Gasteiger charge is -2.24. The molecule has 5 heteroatoms. The average molecular weight is 307 g/mol. The first-order valence-corrected chi connectivity index (χ1v) is 7.71. The van der Waals surface area contributed by atoms with Crippen LogP contribution < -0.4 is 0 Å². The quantitative estimate of drug-likeness (QED) is 0.783. The van der Waals surface area contributed by atoms with E-state index in [0.717, 1.165) is 5.56 Å². The smallest absolute Gasteiger partial charge is 0.325 e. The van der Waals surface area contributed by atoms with Gasteiger partial charge in [-0.15, -0.1) is 0 Å². The maximum Gasteiger partial charge on any atom is 0.325 e. The van der Waals surface area contributed by atoms with Gasteiger partial charge in [0.15, 0.2) is 6.29 Å². The minimum absolute atomic E-state index is 0.265. The third-order valence-electron chi connectivity index (χ3n) is 3.24. The number of rotatable bonds is 5. The minimum atomic E-state index is -0.437. The Balaban J connectivity index is 2.07. The highest BCUT2D eigenvalue weighted by Gasteiger charge is 2.41. The molecule has 0 saturated carbocycles. The van der Waals surface area contributed by atoms with Crippen LogP contribution >= 0.6 is 0 Å². The predicted molar refractivity (Wildman–Crippen MR) is 82.7 cm³/mol. The molecule has 1 aliphatic rings. The van der Waals surface area contributed by atoms with Crippen molar-refractivity contribution in [3.63, 3.8) is 0 Å². The van der Waals surface area contributed by atoms with Crippen LogP contribution in [-0.4, -0.2) is 35.6 Å². The summed E-state index contributed by atoms with van der Waals surface area (Å²) in [7, 11) is 0. The van der Waals surface area contributed by atoms with Crippen LogP contribution in [0.4, 0.5) is 0 Å². The fourth-order valence-corrected chi connectivity index (χ4v) is 2.39. The molecule has 1 aromatic rings. The van der Waals surface area contributed by atoms with Gasteiger partial charge in [0.1, 0.15) is 6.04 Å². The lowest BCUT2D eigenvalue weighted by atomic mass is 10.1. The van der Waals surface area contributed by atoms with E-state index in [0.29, 0.717) is 19.6 Å².